The minimum Gasteiger partial charge on any atom is -0.497 e. The van der Waals surface area contributed by atoms with Crippen molar-refractivity contribution in [1.82, 2.24) is 10.6 Å². The molecule has 2 N–H and O–H groups in total. The summed E-state index contributed by atoms with van der Waals surface area (Å²) in [5.41, 5.74) is 2.94. The van der Waals surface area contributed by atoms with E-state index < -0.39 is 18.0 Å². The van der Waals surface area contributed by atoms with Crippen molar-refractivity contribution in [3.05, 3.63) is 95.1 Å². The second-order valence-electron chi connectivity index (χ2n) is 7.95. The Hall–Kier alpha value is -4.46. The maximum atomic E-state index is 12.9. The van der Waals surface area contributed by atoms with E-state index in [1.54, 1.807) is 49.6 Å². The van der Waals surface area contributed by atoms with Crippen LogP contribution in [-0.4, -0.2) is 32.8 Å². The van der Waals surface area contributed by atoms with Gasteiger partial charge < -0.3 is 29.6 Å². The van der Waals surface area contributed by atoms with Gasteiger partial charge in [-0.05, 0) is 60.0 Å². The maximum Gasteiger partial charge on any atom is 0.338 e. The van der Waals surface area contributed by atoms with E-state index in [4.69, 9.17) is 18.9 Å². The summed E-state index contributed by atoms with van der Waals surface area (Å²) in [5.74, 6) is 1.15. The van der Waals surface area contributed by atoms with Crippen LogP contribution in [0.3, 0.4) is 0 Å². The van der Waals surface area contributed by atoms with Gasteiger partial charge in [0.1, 0.15) is 12.4 Å². The van der Waals surface area contributed by atoms with Gasteiger partial charge in [-0.15, -0.1) is 0 Å². The van der Waals surface area contributed by atoms with Crippen LogP contribution in [0.2, 0.25) is 0 Å². The minimum absolute atomic E-state index is 0.266. The molecule has 1 unspecified atom stereocenters. The summed E-state index contributed by atoms with van der Waals surface area (Å²) >= 11 is 0. The first-order valence-electron chi connectivity index (χ1n) is 11.5. The van der Waals surface area contributed by atoms with E-state index >= 15 is 0 Å². The summed E-state index contributed by atoms with van der Waals surface area (Å²) in [4.78, 5) is 25.6. The van der Waals surface area contributed by atoms with E-state index in [1.807, 2.05) is 37.3 Å². The molecule has 0 bridgehead atoms. The van der Waals surface area contributed by atoms with E-state index in [-0.39, 0.29) is 5.57 Å². The zero-order valence-corrected chi connectivity index (χ0v) is 20.4. The van der Waals surface area contributed by atoms with Crippen LogP contribution < -0.4 is 24.8 Å². The Morgan fingerprint density at radius 2 is 1.67 bits per heavy atom. The van der Waals surface area contributed by atoms with E-state index in [9.17, 15) is 9.59 Å². The number of rotatable bonds is 9. The van der Waals surface area contributed by atoms with Crippen LogP contribution in [0.1, 0.15) is 29.7 Å². The van der Waals surface area contributed by atoms with Crippen molar-refractivity contribution in [3.8, 4) is 17.2 Å². The lowest BCUT2D eigenvalue weighted by atomic mass is 9.92. The van der Waals surface area contributed by atoms with Crippen LogP contribution in [0.25, 0.3) is 5.70 Å². The van der Waals surface area contributed by atoms with Crippen LogP contribution in [0, 0.1) is 0 Å². The van der Waals surface area contributed by atoms with Gasteiger partial charge in [0.05, 0.1) is 38.1 Å². The fourth-order valence-corrected chi connectivity index (χ4v) is 3.96. The molecule has 4 rings (SSSR count). The van der Waals surface area contributed by atoms with Gasteiger partial charge in [-0.1, -0.05) is 36.4 Å². The van der Waals surface area contributed by atoms with Gasteiger partial charge in [-0.2, -0.15) is 0 Å². The Labute approximate surface area is 209 Å². The van der Waals surface area contributed by atoms with Gasteiger partial charge in [0, 0.05) is 0 Å². The fourth-order valence-electron chi connectivity index (χ4n) is 3.96. The normalized spacial score (nSPS) is 15.0. The third kappa shape index (κ3) is 5.43. The molecule has 3 aromatic rings. The second-order valence-corrected chi connectivity index (χ2v) is 7.95. The molecule has 1 heterocycles. The highest BCUT2D eigenvalue weighted by Crippen LogP contribution is 2.37. The van der Waals surface area contributed by atoms with Crippen LogP contribution in [-0.2, 0) is 16.1 Å². The molecule has 2 amide bonds. The van der Waals surface area contributed by atoms with Crippen molar-refractivity contribution in [1.29, 1.82) is 0 Å². The lowest BCUT2D eigenvalue weighted by Gasteiger charge is -2.29. The number of methoxy groups -OCH3 is 2. The third-order valence-corrected chi connectivity index (χ3v) is 5.69. The van der Waals surface area contributed by atoms with Crippen molar-refractivity contribution in [2.45, 2.75) is 19.6 Å². The number of esters is 1. The molecule has 0 aliphatic carbocycles. The number of carbonyl (C=O) groups excluding carboxylic acids is 2. The van der Waals surface area contributed by atoms with Crippen LogP contribution in [0.4, 0.5) is 4.79 Å². The van der Waals surface area contributed by atoms with Crippen molar-refractivity contribution >= 4 is 17.7 Å². The van der Waals surface area contributed by atoms with Crippen molar-refractivity contribution < 1.29 is 28.5 Å². The zero-order chi connectivity index (χ0) is 25.5. The Kier molecular flexibility index (Phi) is 7.75. The molecular weight excluding hydrogens is 460 g/mol. The van der Waals surface area contributed by atoms with Gasteiger partial charge in [0.15, 0.2) is 11.5 Å². The molecule has 36 heavy (non-hydrogen) atoms. The highest BCUT2D eigenvalue weighted by atomic mass is 16.5. The quantitative estimate of drug-likeness (QED) is 0.427. The molecule has 1 aliphatic heterocycles. The van der Waals surface area contributed by atoms with Gasteiger partial charge in [0.25, 0.3) is 0 Å². The molecular formula is C28H28N2O6. The molecule has 186 valence electrons. The van der Waals surface area contributed by atoms with Crippen molar-refractivity contribution in [2.24, 2.45) is 0 Å². The van der Waals surface area contributed by atoms with Crippen molar-refractivity contribution in [2.75, 3.05) is 20.8 Å². The Morgan fingerprint density at radius 3 is 2.33 bits per heavy atom. The fraction of sp³-hybridized carbons (Fsp3) is 0.214. The molecule has 3 aromatic carbocycles. The lowest BCUT2D eigenvalue weighted by Crippen LogP contribution is -2.45. The molecule has 0 saturated heterocycles. The molecule has 8 heteroatoms. The molecule has 0 spiro atoms. The average molecular weight is 489 g/mol. The van der Waals surface area contributed by atoms with Crippen LogP contribution >= 0.6 is 0 Å². The summed E-state index contributed by atoms with van der Waals surface area (Å²) in [6.07, 6.45) is 0. The number of carbonyl (C=O) groups is 2. The molecule has 1 aliphatic rings. The van der Waals surface area contributed by atoms with E-state index in [1.165, 1.54) is 7.11 Å². The topological polar surface area (TPSA) is 95.1 Å². The first-order chi connectivity index (χ1) is 17.5. The number of urea groups is 1. The van der Waals surface area contributed by atoms with Gasteiger partial charge in [-0.3, -0.25) is 0 Å². The number of ether oxygens (including phenoxy) is 4. The average Bonchev–Trinajstić information content (AvgIpc) is 2.92. The molecule has 0 fully saturated rings. The third-order valence-electron chi connectivity index (χ3n) is 5.69. The summed E-state index contributed by atoms with van der Waals surface area (Å²) in [7, 11) is 2.88. The monoisotopic (exact) mass is 488 g/mol. The van der Waals surface area contributed by atoms with E-state index in [2.05, 4.69) is 10.6 Å². The summed E-state index contributed by atoms with van der Waals surface area (Å²) in [6, 6.07) is 21.0. The lowest BCUT2D eigenvalue weighted by molar-refractivity contribution is -0.136. The zero-order valence-electron chi connectivity index (χ0n) is 20.4. The smallest absolute Gasteiger partial charge is 0.338 e. The first-order valence-corrected chi connectivity index (χ1v) is 11.5. The maximum absolute atomic E-state index is 12.9. The van der Waals surface area contributed by atoms with Gasteiger partial charge in [-0.25, -0.2) is 9.59 Å². The Balaban J connectivity index is 1.73. The molecule has 0 radical (unpaired) electrons. The minimum atomic E-state index is -0.773. The van der Waals surface area contributed by atoms with Gasteiger partial charge >= 0.3 is 12.0 Å². The van der Waals surface area contributed by atoms with Crippen molar-refractivity contribution in [3.63, 3.8) is 0 Å². The standard InChI is InChI=1S/C28H28N2O6/c1-4-35-23-16-20(12-15-22(23)36-17-18-8-6-5-7-9-18)26-24(27(31)34-3)25(29-28(32)30-26)19-10-13-21(33-2)14-11-19/h5-16,26H,4,17H2,1-3H3,(H2,29,30,32). The van der Waals surface area contributed by atoms with E-state index in [0.717, 1.165) is 5.56 Å². The number of nitrogens with one attached hydrogen (secondary N) is 2. The highest BCUT2D eigenvalue weighted by Gasteiger charge is 2.34. The molecule has 8 nitrogen and oxygen atoms in total. The molecule has 1 atom stereocenters. The Morgan fingerprint density at radius 1 is 0.917 bits per heavy atom. The predicted octanol–water partition coefficient (Wildman–Crippen LogP) is 4.61. The van der Waals surface area contributed by atoms with Gasteiger partial charge in [0.2, 0.25) is 0 Å². The number of benzene rings is 3. The SMILES string of the molecule is CCOc1cc(C2NC(=O)NC(c3ccc(OC)cc3)=C2C(=O)OC)ccc1OCc1ccccc1. The molecule has 0 saturated carbocycles. The Bertz CT molecular complexity index is 1250. The van der Waals surface area contributed by atoms with E-state index in [0.29, 0.717) is 47.3 Å². The summed E-state index contributed by atoms with van der Waals surface area (Å²) in [5, 5.41) is 5.59. The highest BCUT2D eigenvalue weighted by molar-refractivity contribution is 6.04. The van der Waals surface area contributed by atoms with Crippen LogP contribution in [0.15, 0.2) is 78.4 Å². The largest absolute Gasteiger partial charge is 0.497 e. The predicted molar refractivity (Wildman–Crippen MR) is 135 cm³/mol. The number of hydrogen-bond donors (Lipinski definition) is 2. The number of amides is 2. The number of hydrogen-bond acceptors (Lipinski definition) is 6. The summed E-state index contributed by atoms with van der Waals surface area (Å²) in [6.45, 7) is 2.67. The summed E-state index contributed by atoms with van der Waals surface area (Å²) < 4.78 is 22.2. The molecule has 0 aromatic heterocycles. The van der Waals surface area contributed by atoms with Crippen LogP contribution in [0.5, 0.6) is 17.2 Å². The second kappa shape index (κ2) is 11.3. The first kappa shape index (κ1) is 24.7.